The van der Waals surface area contributed by atoms with Crippen LogP contribution in [0.1, 0.15) is 12.5 Å². The Kier molecular flexibility index (Phi) is 2.75. The second kappa shape index (κ2) is 4.39. The van der Waals surface area contributed by atoms with E-state index < -0.39 is 0 Å². The second-order valence-corrected chi connectivity index (χ2v) is 3.06. The molecular weight excluding hydrogens is 184 g/mol. The minimum absolute atomic E-state index is 0.883. The van der Waals surface area contributed by atoms with Gasteiger partial charge in [-0.05, 0) is 31.2 Å². The fourth-order valence-corrected chi connectivity index (χ4v) is 1.32. The van der Waals surface area contributed by atoms with Gasteiger partial charge in [-0.3, -0.25) is 0 Å². The zero-order valence-electron chi connectivity index (χ0n) is 8.44. The standard InChI is InChI=1S/C13H10N2/c1-2-4-11-6-8-12(9-7-11)13-5-3-10-14-15-13/h3,5-10H,1H3. The van der Waals surface area contributed by atoms with Gasteiger partial charge >= 0.3 is 0 Å². The van der Waals surface area contributed by atoms with Crippen LogP contribution in [0.2, 0.25) is 0 Å². The first kappa shape index (κ1) is 9.42. The number of nitrogens with zero attached hydrogens (tertiary/aromatic N) is 2. The van der Waals surface area contributed by atoms with Gasteiger partial charge in [0.05, 0.1) is 5.69 Å². The average Bonchev–Trinajstić information content (AvgIpc) is 2.32. The summed E-state index contributed by atoms with van der Waals surface area (Å²) in [5.74, 6) is 5.87. The molecule has 0 aliphatic rings. The molecule has 0 radical (unpaired) electrons. The van der Waals surface area contributed by atoms with Crippen molar-refractivity contribution in [2.45, 2.75) is 6.92 Å². The Morgan fingerprint density at radius 2 is 1.87 bits per heavy atom. The number of hydrogen-bond acceptors (Lipinski definition) is 2. The summed E-state index contributed by atoms with van der Waals surface area (Å²) < 4.78 is 0. The molecule has 0 saturated heterocycles. The molecule has 1 heterocycles. The number of aromatic nitrogens is 2. The van der Waals surface area contributed by atoms with Crippen molar-refractivity contribution in [2.75, 3.05) is 0 Å². The van der Waals surface area contributed by atoms with Crippen molar-refractivity contribution in [3.63, 3.8) is 0 Å². The van der Waals surface area contributed by atoms with Crippen molar-refractivity contribution in [1.29, 1.82) is 0 Å². The molecule has 72 valence electrons. The monoisotopic (exact) mass is 194 g/mol. The lowest BCUT2D eigenvalue weighted by atomic mass is 10.1. The van der Waals surface area contributed by atoms with Crippen LogP contribution in [0, 0.1) is 11.8 Å². The van der Waals surface area contributed by atoms with Crippen molar-refractivity contribution in [2.24, 2.45) is 0 Å². The Morgan fingerprint density at radius 3 is 2.47 bits per heavy atom. The fraction of sp³-hybridized carbons (Fsp3) is 0.0769. The molecule has 2 aromatic rings. The van der Waals surface area contributed by atoms with E-state index in [1.807, 2.05) is 43.3 Å². The number of benzene rings is 1. The van der Waals surface area contributed by atoms with Gasteiger partial charge in [0.15, 0.2) is 0 Å². The summed E-state index contributed by atoms with van der Waals surface area (Å²) in [5, 5.41) is 7.88. The maximum atomic E-state index is 4.04. The van der Waals surface area contributed by atoms with Crippen LogP contribution in [0.4, 0.5) is 0 Å². The second-order valence-electron chi connectivity index (χ2n) is 3.06. The van der Waals surface area contributed by atoms with Gasteiger partial charge in [0, 0.05) is 17.3 Å². The maximum absolute atomic E-state index is 4.04. The highest BCUT2D eigenvalue weighted by Crippen LogP contribution is 2.15. The molecule has 1 aromatic heterocycles. The van der Waals surface area contributed by atoms with Gasteiger partial charge in [0.1, 0.15) is 0 Å². The smallest absolute Gasteiger partial charge is 0.0929 e. The molecule has 0 aliphatic carbocycles. The van der Waals surface area contributed by atoms with Gasteiger partial charge < -0.3 is 0 Å². The Morgan fingerprint density at radius 1 is 1.07 bits per heavy atom. The van der Waals surface area contributed by atoms with Gasteiger partial charge in [-0.2, -0.15) is 10.2 Å². The van der Waals surface area contributed by atoms with Crippen LogP contribution >= 0.6 is 0 Å². The highest BCUT2D eigenvalue weighted by atomic mass is 15.1. The SMILES string of the molecule is CC#Cc1ccc(-c2cccnn2)cc1. The first-order valence-corrected chi connectivity index (χ1v) is 4.71. The van der Waals surface area contributed by atoms with Crippen molar-refractivity contribution in [3.05, 3.63) is 48.2 Å². The van der Waals surface area contributed by atoms with Crippen molar-refractivity contribution >= 4 is 0 Å². The molecule has 0 N–H and O–H groups in total. The van der Waals surface area contributed by atoms with E-state index in [9.17, 15) is 0 Å². The quantitative estimate of drug-likeness (QED) is 0.652. The largest absolute Gasteiger partial charge is 0.159 e. The number of hydrogen-bond donors (Lipinski definition) is 0. The van der Waals surface area contributed by atoms with Gasteiger partial charge in [0.2, 0.25) is 0 Å². The summed E-state index contributed by atoms with van der Waals surface area (Å²) in [5.41, 5.74) is 2.96. The molecule has 1 aromatic carbocycles. The van der Waals surface area contributed by atoms with Gasteiger partial charge in [0.25, 0.3) is 0 Å². The molecule has 2 rings (SSSR count). The average molecular weight is 194 g/mol. The number of rotatable bonds is 1. The third-order valence-corrected chi connectivity index (χ3v) is 2.02. The van der Waals surface area contributed by atoms with Crippen molar-refractivity contribution < 1.29 is 0 Å². The summed E-state index contributed by atoms with van der Waals surface area (Å²) in [6.07, 6.45) is 1.67. The molecule has 2 heteroatoms. The van der Waals surface area contributed by atoms with E-state index in [1.54, 1.807) is 6.20 Å². The molecule has 0 spiro atoms. The highest BCUT2D eigenvalue weighted by Gasteiger charge is 1.97. The van der Waals surface area contributed by atoms with E-state index in [2.05, 4.69) is 22.0 Å². The molecule has 0 unspecified atom stereocenters. The first-order valence-electron chi connectivity index (χ1n) is 4.71. The van der Waals surface area contributed by atoms with Gasteiger partial charge in [-0.25, -0.2) is 0 Å². The fourth-order valence-electron chi connectivity index (χ4n) is 1.32. The van der Waals surface area contributed by atoms with Crippen LogP contribution in [0.5, 0.6) is 0 Å². The molecular formula is C13H10N2. The molecule has 0 bridgehead atoms. The Hall–Kier alpha value is -2.14. The Balaban J connectivity index is 2.35. The van der Waals surface area contributed by atoms with E-state index in [0.717, 1.165) is 16.8 Å². The predicted molar refractivity (Wildman–Crippen MR) is 60.0 cm³/mol. The summed E-state index contributed by atoms with van der Waals surface area (Å²) in [7, 11) is 0. The minimum atomic E-state index is 0.883. The van der Waals surface area contributed by atoms with Crippen LogP contribution in [0.15, 0.2) is 42.6 Å². The first-order chi connectivity index (χ1) is 7.40. The predicted octanol–water partition coefficient (Wildman–Crippen LogP) is 2.52. The lowest BCUT2D eigenvalue weighted by Crippen LogP contribution is -1.85. The summed E-state index contributed by atoms with van der Waals surface area (Å²) in [4.78, 5) is 0. The van der Waals surface area contributed by atoms with Gasteiger partial charge in [-0.1, -0.05) is 18.1 Å². The Labute approximate surface area is 89.0 Å². The maximum Gasteiger partial charge on any atom is 0.0929 e. The summed E-state index contributed by atoms with van der Waals surface area (Å²) >= 11 is 0. The summed E-state index contributed by atoms with van der Waals surface area (Å²) in [6, 6.07) is 11.8. The van der Waals surface area contributed by atoms with Crippen molar-refractivity contribution in [1.82, 2.24) is 10.2 Å². The lowest BCUT2D eigenvalue weighted by Gasteiger charge is -1.98. The van der Waals surface area contributed by atoms with E-state index in [4.69, 9.17) is 0 Å². The van der Waals surface area contributed by atoms with E-state index >= 15 is 0 Å². The molecule has 0 saturated carbocycles. The topological polar surface area (TPSA) is 25.8 Å². The molecule has 0 aliphatic heterocycles. The third kappa shape index (κ3) is 2.21. The van der Waals surface area contributed by atoms with Crippen LogP contribution < -0.4 is 0 Å². The highest BCUT2D eigenvalue weighted by molar-refractivity contribution is 5.59. The van der Waals surface area contributed by atoms with E-state index in [1.165, 1.54) is 0 Å². The van der Waals surface area contributed by atoms with Crippen molar-refractivity contribution in [3.8, 4) is 23.1 Å². The zero-order chi connectivity index (χ0) is 10.5. The van der Waals surface area contributed by atoms with Crippen LogP contribution in [0.3, 0.4) is 0 Å². The third-order valence-electron chi connectivity index (χ3n) is 2.02. The molecule has 15 heavy (non-hydrogen) atoms. The summed E-state index contributed by atoms with van der Waals surface area (Å²) in [6.45, 7) is 1.83. The normalized spacial score (nSPS) is 9.13. The minimum Gasteiger partial charge on any atom is -0.159 e. The lowest BCUT2D eigenvalue weighted by molar-refractivity contribution is 1.04. The van der Waals surface area contributed by atoms with Crippen LogP contribution in [-0.4, -0.2) is 10.2 Å². The van der Waals surface area contributed by atoms with Gasteiger partial charge in [-0.15, -0.1) is 5.92 Å². The van der Waals surface area contributed by atoms with E-state index in [0.29, 0.717) is 0 Å². The van der Waals surface area contributed by atoms with E-state index in [-0.39, 0.29) is 0 Å². The molecule has 0 fully saturated rings. The van der Waals surface area contributed by atoms with Crippen LogP contribution in [0.25, 0.3) is 11.3 Å². The molecule has 0 amide bonds. The zero-order valence-corrected chi connectivity index (χ0v) is 8.44. The Bertz CT molecular complexity index is 490. The molecule has 2 nitrogen and oxygen atoms in total. The molecule has 0 atom stereocenters. The van der Waals surface area contributed by atoms with Crippen LogP contribution in [-0.2, 0) is 0 Å².